The first-order valence-electron chi connectivity index (χ1n) is 16.1. The molecule has 1 amide bonds. The Labute approximate surface area is 266 Å². The summed E-state index contributed by atoms with van der Waals surface area (Å²) in [7, 11) is -0.562. The third kappa shape index (κ3) is 9.66. The van der Waals surface area contributed by atoms with Crippen LogP contribution in [0.3, 0.4) is 0 Å². The summed E-state index contributed by atoms with van der Waals surface area (Å²) in [5.74, 6) is 0.575. The van der Waals surface area contributed by atoms with Crippen LogP contribution >= 0.6 is 11.8 Å². The topological polar surface area (TPSA) is 175 Å². The van der Waals surface area contributed by atoms with Gasteiger partial charge in [0.15, 0.2) is 10.1 Å². The number of carbonyl (C=O) groups is 3. The fraction of sp³-hybridized carbons (Fsp3) is 0.867. The Hall–Kier alpha value is -2.19. The molecular weight excluding hydrogens is 585 g/mol. The maximum absolute atomic E-state index is 13.8. The average molecular weight is 638 g/mol. The van der Waals surface area contributed by atoms with Gasteiger partial charge >= 0.3 is 7.12 Å². The molecule has 1 aliphatic heterocycles. The summed E-state index contributed by atoms with van der Waals surface area (Å²) < 4.78 is 13.2. The number of ketones is 1. The fourth-order valence-corrected chi connectivity index (χ4v) is 7.94. The second kappa shape index (κ2) is 15.9. The smallest absolute Gasteiger partial charge is 0.404 e. The number of nitrogens with two attached hydrogens (primary N) is 1. The van der Waals surface area contributed by atoms with Crippen molar-refractivity contribution < 1.29 is 28.7 Å². The van der Waals surface area contributed by atoms with Gasteiger partial charge in [0.1, 0.15) is 5.78 Å². The van der Waals surface area contributed by atoms with Gasteiger partial charge in [-0.05, 0) is 75.0 Å². The number of nitro groups is 1. The van der Waals surface area contributed by atoms with E-state index in [1.54, 1.807) is 6.92 Å². The van der Waals surface area contributed by atoms with Crippen LogP contribution in [0.1, 0.15) is 106 Å². The van der Waals surface area contributed by atoms with Gasteiger partial charge in [-0.1, -0.05) is 51.3 Å². The van der Waals surface area contributed by atoms with Gasteiger partial charge in [0.2, 0.25) is 5.91 Å². The van der Waals surface area contributed by atoms with Gasteiger partial charge < -0.3 is 20.4 Å². The number of hydrogen-bond acceptors (Lipinski definition) is 9. The Balaban J connectivity index is 1.64. The maximum atomic E-state index is 13.8. The van der Waals surface area contributed by atoms with Crippen LogP contribution in [0.2, 0.25) is 0 Å². The number of aliphatic imine (C=N–C) groups is 1. The molecule has 0 aromatic rings. The lowest BCUT2D eigenvalue weighted by molar-refractivity contribution is -0.525. The second-order valence-electron chi connectivity index (χ2n) is 14.0. The van der Waals surface area contributed by atoms with Gasteiger partial charge in [-0.25, -0.2) is 15.1 Å². The number of amides is 1. The molecular formula is C30H52BN5O7S. The number of thioether (sulfide) groups is 1. The Bertz CT molecular complexity index is 1080. The zero-order chi connectivity index (χ0) is 32.7. The molecule has 4 aliphatic rings. The number of hydrogen-bond donors (Lipinski definition) is 3. The maximum Gasteiger partial charge on any atom is 0.481 e. The zero-order valence-electron chi connectivity index (χ0n) is 27.3. The summed E-state index contributed by atoms with van der Waals surface area (Å²) in [5, 5.41) is 13.1. The van der Waals surface area contributed by atoms with Crippen molar-refractivity contribution in [3.8, 4) is 0 Å². The Morgan fingerprint density at radius 1 is 1.16 bits per heavy atom. The molecule has 4 rings (SSSR count). The monoisotopic (exact) mass is 637 g/mol. The van der Waals surface area contributed by atoms with Crippen molar-refractivity contribution in [1.82, 2.24) is 10.7 Å². The van der Waals surface area contributed by atoms with E-state index in [-0.39, 0.29) is 59.1 Å². The normalized spacial score (nSPS) is 26.8. The largest absolute Gasteiger partial charge is 0.481 e. The van der Waals surface area contributed by atoms with E-state index in [4.69, 9.17) is 15.0 Å². The van der Waals surface area contributed by atoms with E-state index < -0.39 is 23.7 Å². The molecule has 1 saturated heterocycles. The first-order valence-corrected chi connectivity index (χ1v) is 17.1. The van der Waals surface area contributed by atoms with Crippen molar-refractivity contribution in [3.05, 3.63) is 10.1 Å². The average Bonchev–Trinajstić information content (AvgIpc) is 3.28. The third-order valence-electron chi connectivity index (χ3n) is 9.80. The highest BCUT2D eigenvalue weighted by Crippen LogP contribution is 2.65. The summed E-state index contributed by atoms with van der Waals surface area (Å²) in [6.07, 6.45) is 6.44. The van der Waals surface area contributed by atoms with Crippen LogP contribution < -0.4 is 16.5 Å². The molecule has 0 radical (unpaired) electrons. The quantitative estimate of drug-likeness (QED) is 0.0496. The molecule has 14 heteroatoms. The Morgan fingerprint density at radius 3 is 2.52 bits per heavy atom. The highest BCUT2D eigenvalue weighted by molar-refractivity contribution is 8.13. The van der Waals surface area contributed by atoms with Crippen LogP contribution in [0.15, 0.2) is 4.99 Å². The van der Waals surface area contributed by atoms with Crippen LogP contribution in [0.5, 0.6) is 0 Å². The van der Waals surface area contributed by atoms with Crippen molar-refractivity contribution in [1.29, 1.82) is 0 Å². The van der Waals surface area contributed by atoms with Crippen LogP contribution in [-0.2, 0) is 23.7 Å². The molecule has 3 saturated carbocycles. The Morgan fingerprint density at radius 2 is 1.89 bits per heavy atom. The number of carbonyl (C=O) groups excluding carboxylic acids is 3. The van der Waals surface area contributed by atoms with E-state index >= 15 is 0 Å². The van der Waals surface area contributed by atoms with E-state index in [1.807, 2.05) is 5.43 Å². The molecule has 12 nitrogen and oxygen atoms in total. The van der Waals surface area contributed by atoms with Gasteiger partial charge in [-0.2, -0.15) is 0 Å². The summed E-state index contributed by atoms with van der Waals surface area (Å²) >= 11 is 1.29. The van der Waals surface area contributed by atoms with Crippen molar-refractivity contribution >= 4 is 41.6 Å². The summed E-state index contributed by atoms with van der Waals surface area (Å²) in [6.45, 7) is 12.7. The minimum absolute atomic E-state index is 0.00171. The van der Waals surface area contributed by atoms with E-state index in [2.05, 4.69) is 44.9 Å². The molecule has 0 spiro atoms. The number of hydrazine groups is 1. The molecule has 1 heterocycles. The highest BCUT2D eigenvalue weighted by atomic mass is 32.2. The molecule has 3 aliphatic carbocycles. The van der Waals surface area contributed by atoms with Crippen LogP contribution in [0, 0.1) is 39.2 Å². The number of Topliss-reactive ketones (excluding diaryl/α,β-unsaturated/α-hetero) is 1. The first kappa shape index (κ1) is 36.3. The number of guanidine groups is 1. The standard InChI is InChI=1S/C30H52BN5O7S/c1-19(2)15-26(31-42-25-18-22-17-24(29(22,4)5)30(25,6)43-31)34-27(39)21(11-10-13-33-28(32)35-36(40)41)16-23(38)12-8-7-9-14-44-20(3)37/h19,21-22,24-26H,7-18H2,1-6H3,(H,34,39)(H3,32,33,35)/t21-,22+,24+,25-,26+,30+/m1/s1. The lowest BCUT2D eigenvalue weighted by Crippen LogP contribution is -2.65. The van der Waals surface area contributed by atoms with Gasteiger partial charge in [0, 0.05) is 38.0 Å². The van der Waals surface area contributed by atoms with Crippen LogP contribution in [0.4, 0.5) is 0 Å². The zero-order valence-corrected chi connectivity index (χ0v) is 28.1. The number of unbranched alkanes of at least 4 members (excludes halogenated alkanes) is 2. The fourth-order valence-electron chi connectivity index (χ4n) is 7.30. The molecule has 4 fully saturated rings. The molecule has 2 bridgehead atoms. The lowest BCUT2D eigenvalue weighted by Gasteiger charge is -2.64. The third-order valence-corrected chi connectivity index (χ3v) is 10.7. The molecule has 44 heavy (non-hydrogen) atoms. The van der Waals surface area contributed by atoms with Crippen LogP contribution in [-0.4, -0.2) is 64.9 Å². The van der Waals surface area contributed by atoms with E-state index in [0.717, 1.165) is 31.4 Å². The lowest BCUT2D eigenvalue weighted by atomic mass is 9.43. The van der Waals surface area contributed by atoms with E-state index in [0.29, 0.717) is 43.9 Å². The number of nitrogens with zero attached hydrogens (tertiary/aromatic N) is 2. The van der Waals surface area contributed by atoms with Crippen molar-refractivity contribution in [2.24, 2.45) is 39.8 Å². The summed E-state index contributed by atoms with van der Waals surface area (Å²) in [5.41, 5.74) is 7.15. The molecule has 4 N–H and O–H groups in total. The van der Waals surface area contributed by atoms with Crippen molar-refractivity contribution in [3.63, 3.8) is 0 Å². The minimum atomic E-state index is -0.782. The van der Waals surface area contributed by atoms with Gasteiger partial charge in [0.25, 0.3) is 5.96 Å². The number of nitrogens with one attached hydrogen (secondary N) is 2. The Kier molecular flexibility index (Phi) is 13.1. The van der Waals surface area contributed by atoms with Crippen molar-refractivity contribution in [2.75, 3.05) is 12.3 Å². The molecule has 0 aromatic heterocycles. The highest BCUT2D eigenvalue weighted by Gasteiger charge is 2.68. The molecule has 6 atom stereocenters. The van der Waals surface area contributed by atoms with Gasteiger partial charge in [0.05, 0.1) is 17.6 Å². The van der Waals surface area contributed by atoms with Gasteiger partial charge in [-0.3, -0.25) is 14.4 Å². The molecule has 248 valence electrons. The van der Waals surface area contributed by atoms with E-state index in [1.165, 1.54) is 11.8 Å². The predicted octanol–water partition coefficient (Wildman–Crippen LogP) is 4.08. The predicted molar refractivity (Wildman–Crippen MR) is 172 cm³/mol. The van der Waals surface area contributed by atoms with E-state index in [9.17, 15) is 24.5 Å². The molecule has 0 aromatic carbocycles. The van der Waals surface area contributed by atoms with Crippen molar-refractivity contribution in [2.45, 2.75) is 123 Å². The second-order valence-corrected chi connectivity index (χ2v) is 15.2. The van der Waals surface area contributed by atoms with Gasteiger partial charge in [-0.15, -0.1) is 0 Å². The number of rotatable bonds is 18. The SMILES string of the molecule is CC(=O)SCCCCCC(=O)C[C@@H](CCCN=C(N)N[N+](=O)[O-])C(=O)N[C@@H](CC(C)C)B1O[C@@H]2C[C@@H]3C[C@@H](C3(C)C)[C@]2(C)O1. The molecule has 0 unspecified atom stereocenters. The minimum Gasteiger partial charge on any atom is -0.404 e. The summed E-state index contributed by atoms with van der Waals surface area (Å²) in [6, 6.07) is 0. The van der Waals surface area contributed by atoms with Crippen LogP contribution in [0.25, 0.3) is 0 Å². The summed E-state index contributed by atoms with van der Waals surface area (Å²) in [4.78, 5) is 52.4. The first-order chi connectivity index (χ1) is 20.6.